The predicted molar refractivity (Wildman–Crippen MR) is 140 cm³/mol. The molecule has 1 aromatic carbocycles. The van der Waals surface area contributed by atoms with E-state index in [4.69, 9.17) is 10.00 Å². The number of aromatic nitrogens is 3. The number of hydrogen-bond acceptors (Lipinski definition) is 13. The second kappa shape index (κ2) is 12.0. The van der Waals surface area contributed by atoms with E-state index in [0.717, 1.165) is 17.7 Å². The SMILES string of the molecule is COc1c(Nc2cc(NC(=O)C3CC3)nnc2C(=O)NC(O)(O)O)cccc1-c1ncc(CNC(=O)CC#N)s1. The van der Waals surface area contributed by atoms with Crippen molar-refractivity contribution in [3.8, 4) is 22.4 Å². The minimum Gasteiger partial charge on any atom is -0.494 e. The van der Waals surface area contributed by atoms with Crippen LogP contribution in [0.3, 0.4) is 0 Å². The van der Waals surface area contributed by atoms with Gasteiger partial charge in [0, 0.05) is 23.1 Å². The third-order valence-electron chi connectivity index (χ3n) is 5.46. The molecule has 2 heterocycles. The van der Waals surface area contributed by atoms with E-state index in [2.05, 4.69) is 31.1 Å². The van der Waals surface area contributed by atoms with Gasteiger partial charge in [-0.1, -0.05) is 6.07 Å². The number of carbonyl (C=O) groups is 3. The number of para-hydroxylation sites is 1. The molecule has 1 aliphatic rings. The third-order valence-corrected chi connectivity index (χ3v) is 6.49. The van der Waals surface area contributed by atoms with Gasteiger partial charge < -0.3 is 36.0 Å². The van der Waals surface area contributed by atoms with Crippen molar-refractivity contribution in [3.05, 3.63) is 41.0 Å². The van der Waals surface area contributed by atoms with Gasteiger partial charge in [0.15, 0.2) is 17.3 Å². The molecule has 40 heavy (non-hydrogen) atoms. The van der Waals surface area contributed by atoms with Gasteiger partial charge in [-0.05, 0) is 25.0 Å². The highest BCUT2D eigenvalue weighted by Gasteiger charge is 2.31. The summed E-state index contributed by atoms with van der Waals surface area (Å²) in [6.07, 6.45) is -0.667. The fourth-order valence-corrected chi connectivity index (χ4v) is 4.38. The summed E-state index contributed by atoms with van der Waals surface area (Å²) >= 11 is 1.29. The van der Waals surface area contributed by atoms with Crippen molar-refractivity contribution >= 4 is 46.3 Å². The zero-order valence-electron chi connectivity index (χ0n) is 21.0. The van der Waals surface area contributed by atoms with Gasteiger partial charge in [-0.3, -0.25) is 19.7 Å². The molecule has 7 N–H and O–H groups in total. The molecule has 1 saturated carbocycles. The minimum atomic E-state index is -3.51. The summed E-state index contributed by atoms with van der Waals surface area (Å²) in [6.45, 7) is 0.191. The van der Waals surface area contributed by atoms with Gasteiger partial charge in [0.2, 0.25) is 11.8 Å². The van der Waals surface area contributed by atoms with Gasteiger partial charge in [0.1, 0.15) is 11.4 Å². The molecule has 0 radical (unpaired) electrons. The molecule has 0 atom stereocenters. The Labute approximate surface area is 230 Å². The van der Waals surface area contributed by atoms with Crippen LogP contribution in [0.2, 0.25) is 0 Å². The molecule has 0 spiro atoms. The van der Waals surface area contributed by atoms with Crippen molar-refractivity contribution in [3.63, 3.8) is 0 Å². The molecule has 0 aliphatic heterocycles. The normalized spacial score (nSPS) is 12.7. The van der Waals surface area contributed by atoms with Crippen molar-refractivity contribution in [1.82, 2.24) is 25.8 Å². The molecule has 3 aromatic rings. The van der Waals surface area contributed by atoms with E-state index in [-0.39, 0.29) is 36.3 Å². The molecule has 1 fully saturated rings. The summed E-state index contributed by atoms with van der Waals surface area (Å²) in [5, 5.41) is 54.2. The minimum absolute atomic E-state index is 0.00155. The fraction of sp³-hybridized carbons (Fsp3) is 0.292. The van der Waals surface area contributed by atoms with Crippen molar-refractivity contribution < 1.29 is 34.4 Å². The Morgan fingerprint density at radius 1 is 1.20 bits per heavy atom. The van der Waals surface area contributed by atoms with Crippen LogP contribution in [-0.4, -0.2) is 61.4 Å². The summed E-state index contributed by atoms with van der Waals surface area (Å²) in [4.78, 5) is 41.6. The number of anilines is 3. The summed E-state index contributed by atoms with van der Waals surface area (Å²) in [5.41, 5.74) is 0.493. The van der Waals surface area contributed by atoms with Gasteiger partial charge in [0.05, 0.1) is 36.7 Å². The molecule has 2 aromatic heterocycles. The number of thiazole rings is 1. The number of ether oxygens (including phenoxy) is 1. The Bertz CT molecular complexity index is 1480. The van der Waals surface area contributed by atoms with E-state index >= 15 is 0 Å². The summed E-state index contributed by atoms with van der Waals surface area (Å²) in [5.74, 6) is -1.59. The number of benzene rings is 1. The van der Waals surface area contributed by atoms with Gasteiger partial charge >= 0.3 is 6.10 Å². The molecule has 1 aliphatic carbocycles. The number of hydrogen-bond donors (Lipinski definition) is 7. The first-order valence-corrected chi connectivity index (χ1v) is 12.6. The highest BCUT2D eigenvalue weighted by molar-refractivity contribution is 7.15. The number of methoxy groups -OCH3 is 1. The highest BCUT2D eigenvalue weighted by Crippen LogP contribution is 2.40. The molecule has 0 unspecified atom stereocenters. The molecular formula is C24H24N8O7S. The highest BCUT2D eigenvalue weighted by atomic mass is 32.1. The molecule has 4 rings (SSSR count). The van der Waals surface area contributed by atoms with Gasteiger partial charge in [-0.15, -0.1) is 21.5 Å². The van der Waals surface area contributed by atoms with E-state index in [0.29, 0.717) is 22.0 Å². The van der Waals surface area contributed by atoms with Crippen LogP contribution >= 0.6 is 11.3 Å². The third kappa shape index (κ3) is 7.24. The van der Waals surface area contributed by atoms with Crippen molar-refractivity contribution in [2.75, 3.05) is 17.7 Å². The van der Waals surface area contributed by atoms with Gasteiger partial charge in [0.25, 0.3) is 5.91 Å². The van der Waals surface area contributed by atoms with Crippen LogP contribution in [0.5, 0.6) is 5.75 Å². The van der Waals surface area contributed by atoms with Crippen LogP contribution < -0.4 is 26.0 Å². The maximum Gasteiger partial charge on any atom is 0.369 e. The first-order valence-electron chi connectivity index (χ1n) is 11.8. The quantitative estimate of drug-likeness (QED) is 0.157. The van der Waals surface area contributed by atoms with Crippen LogP contribution in [0.15, 0.2) is 30.5 Å². The second-order valence-corrected chi connectivity index (χ2v) is 9.71. The average Bonchev–Trinajstić information content (AvgIpc) is 3.64. The largest absolute Gasteiger partial charge is 0.494 e. The molecule has 3 amide bonds. The van der Waals surface area contributed by atoms with Crippen LogP contribution in [0.1, 0.15) is 34.6 Å². The van der Waals surface area contributed by atoms with Crippen LogP contribution in [-0.2, 0) is 16.1 Å². The molecule has 16 heteroatoms. The second-order valence-electron chi connectivity index (χ2n) is 8.60. The van der Waals surface area contributed by atoms with Crippen LogP contribution in [0.25, 0.3) is 10.6 Å². The van der Waals surface area contributed by atoms with Crippen LogP contribution in [0.4, 0.5) is 17.2 Å². The van der Waals surface area contributed by atoms with Crippen molar-refractivity contribution in [2.24, 2.45) is 5.92 Å². The number of amides is 3. The maximum absolute atomic E-state index is 12.6. The number of nitriles is 1. The lowest BCUT2D eigenvalue weighted by Crippen LogP contribution is -2.48. The predicted octanol–water partition coefficient (Wildman–Crippen LogP) is 0.549. The first kappa shape index (κ1) is 28.3. The molecule has 0 bridgehead atoms. The smallest absolute Gasteiger partial charge is 0.369 e. The summed E-state index contributed by atoms with van der Waals surface area (Å²) < 4.78 is 5.63. The Kier molecular flexibility index (Phi) is 8.50. The molecular weight excluding hydrogens is 544 g/mol. The number of nitrogens with zero attached hydrogens (tertiary/aromatic N) is 4. The number of nitrogens with one attached hydrogen (secondary N) is 4. The fourth-order valence-electron chi connectivity index (χ4n) is 3.50. The lowest BCUT2D eigenvalue weighted by atomic mass is 10.1. The van der Waals surface area contributed by atoms with E-state index in [1.165, 1.54) is 24.5 Å². The van der Waals surface area contributed by atoms with Crippen LogP contribution in [0, 0.1) is 17.2 Å². The number of carbonyl (C=O) groups excluding carboxylic acids is 3. The topological polar surface area (TPSA) is 232 Å². The van der Waals surface area contributed by atoms with E-state index in [9.17, 15) is 29.7 Å². The average molecular weight is 569 g/mol. The van der Waals surface area contributed by atoms with Crippen molar-refractivity contribution in [1.29, 1.82) is 5.26 Å². The maximum atomic E-state index is 12.6. The van der Waals surface area contributed by atoms with Gasteiger partial charge in [-0.25, -0.2) is 4.98 Å². The Morgan fingerprint density at radius 2 is 1.98 bits per heavy atom. The summed E-state index contributed by atoms with van der Waals surface area (Å²) in [7, 11) is 1.43. The standard InChI is InChI=1S/C24H24N8O7S/c1-39-20-14(23-27-11-13(40-23)10-26-18(33)7-8-25)3-2-4-15(20)28-16-9-17(29-21(34)12-5-6-12)31-32-19(16)22(35)30-24(36,37)38/h2-4,9,11-12,36-38H,5-7,10H2,1H3,(H,26,33)(H,30,35)(H2,28,29,31,34). The Balaban J connectivity index is 1.64. The lowest BCUT2D eigenvalue weighted by Gasteiger charge is -2.18. The van der Waals surface area contributed by atoms with Gasteiger partial charge in [-0.2, -0.15) is 5.26 Å². The van der Waals surface area contributed by atoms with E-state index in [1.54, 1.807) is 35.8 Å². The number of aliphatic hydroxyl groups is 3. The lowest BCUT2D eigenvalue weighted by molar-refractivity contribution is -0.323. The zero-order valence-corrected chi connectivity index (χ0v) is 21.8. The van der Waals surface area contributed by atoms with Crippen molar-refractivity contribution in [2.45, 2.75) is 31.9 Å². The molecule has 0 saturated heterocycles. The number of rotatable bonds is 11. The summed E-state index contributed by atoms with van der Waals surface area (Å²) in [6, 6.07) is 8.19. The molecule has 208 valence electrons. The molecule has 15 nitrogen and oxygen atoms in total. The monoisotopic (exact) mass is 568 g/mol. The first-order chi connectivity index (χ1) is 19.1. The Morgan fingerprint density at radius 3 is 2.65 bits per heavy atom. The Hall–Kier alpha value is -4.69. The van der Waals surface area contributed by atoms with E-state index < -0.39 is 23.6 Å². The zero-order chi connectivity index (χ0) is 28.9. The van der Waals surface area contributed by atoms with E-state index in [1.807, 2.05) is 0 Å².